The van der Waals surface area contributed by atoms with Crippen molar-refractivity contribution >= 4 is 8.96 Å². The summed E-state index contributed by atoms with van der Waals surface area (Å²) < 4.78 is 2.02. The molecule has 9 heavy (non-hydrogen) atoms. The van der Waals surface area contributed by atoms with Crippen LogP contribution in [-0.2, 0) is 0 Å². The largest absolute Gasteiger partial charge is 0.276 e. The molecule has 0 saturated heterocycles. The van der Waals surface area contributed by atoms with E-state index >= 15 is 0 Å². The number of unbranched alkanes of at least 4 members (excludes halogenated alkanes) is 1. The van der Waals surface area contributed by atoms with E-state index < -0.39 is 8.96 Å². The van der Waals surface area contributed by atoms with E-state index in [2.05, 4.69) is 20.0 Å². The first kappa shape index (κ1) is 9.14. The molecule has 0 rings (SSSR count). The summed E-state index contributed by atoms with van der Waals surface area (Å²) in [5.74, 6) is 5.70. The van der Waals surface area contributed by atoms with Gasteiger partial charge in [0.25, 0.3) is 0 Å². The number of hydrogen-bond acceptors (Lipinski definition) is 2. The van der Waals surface area contributed by atoms with Gasteiger partial charge in [-0.2, -0.15) is 0 Å². The Labute approximate surface area is 59.7 Å². The summed E-state index contributed by atoms with van der Waals surface area (Å²) >= 11 is 0. The molecule has 0 heterocycles. The Morgan fingerprint density at radius 1 is 1.44 bits per heavy atom. The maximum Gasteiger partial charge on any atom is 0.124 e. The molecule has 2 N–H and O–H groups in total. The molecule has 0 amide bonds. The van der Waals surface area contributed by atoms with Gasteiger partial charge in [0.05, 0.1) is 0 Å². The summed E-state index contributed by atoms with van der Waals surface area (Å²) in [6, 6.07) is 0. The minimum atomic E-state index is -0.685. The molecule has 3 heteroatoms. The maximum atomic E-state index is 5.70. The Balaban J connectivity index is 3.16. The van der Waals surface area contributed by atoms with Crippen molar-refractivity contribution in [3.05, 3.63) is 0 Å². The highest BCUT2D eigenvalue weighted by Crippen LogP contribution is 1.91. The maximum absolute atomic E-state index is 5.70. The molecular formula is C6H18N2Si. The van der Waals surface area contributed by atoms with Gasteiger partial charge in [-0.15, -0.1) is 0 Å². The van der Waals surface area contributed by atoms with Crippen molar-refractivity contribution in [2.24, 2.45) is 5.84 Å². The first-order chi connectivity index (χ1) is 4.18. The highest BCUT2D eigenvalue weighted by atomic mass is 28.3. The van der Waals surface area contributed by atoms with Crippen LogP contribution in [0.2, 0.25) is 13.1 Å². The molecule has 0 aromatic carbocycles. The van der Waals surface area contributed by atoms with Gasteiger partial charge in [0, 0.05) is 6.54 Å². The minimum Gasteiger partial charge on any atom is -0.276 e. The predicted molar refractivity (Wildman–Crippen MR) is 44.7 cm³/mol. The van der Waals surface area contributed by atoms with Gasteiger partial charge in [-0.3, -0.25) is 10.5 Å². The van der Waals surface area contributed by atoms with Crippen molar-refractivity contribution in [3.63, 3.8) is 0 Å². The molecular weight excluding hydrogens is 128 g/mol. The summed E-state index contributed by atoms with van der Waals surface area (Å²) in [5.41, 5.74) is 0. The Bertz CT molecular complexity index is 66.1. The zero-order valence-electron chi connectivity index (χ0n) is 6.72. The van der Waals surface area contributed by atoms with Crippen molar-refractivity contribution in [2.45, 2.75) is 32.9 Å². The molecule has 0 aromatic rings. The number of rotatable bonds is 4. The van der Waals surface area contributed by atoms with Crippen LogP contribution in [0.25, 0.3) is 0 Å². The molecule has 0 radical (unpaired) electrons. The molecule has 0 unspecified atom stereocenters. The van der Waals surface area contributed by atoms with E-state index in [0.29, 0.717) is 0 Å². The van der Waals surface area contributed by atoms with Crippen molar-refractivity contribution in [1.29, 1.82) is 0 Å². The lowest BCUT2D eigenvalue weighted by Crippen LogP contribution is -2.41. The zero-order valence-corrected chi connectivity index (χ0v) is 7.88. The number of nitrogens with zero attached hydrogens (tertiary/aromatic N) is 1. The third-order valence-corrected chi connectivity index (χ3v) is 3.02. The van der Waals surface area contributed by atoms with Crippen molar-refractivity contribution in [3.8, 4) is 0 Å². The van der Waals surface area contributed by atoms with E-state index in [1.807, 2.05) is 4.67 Å². The van der Waals surface area contributed by atoms with E-state index in [9.17, 15) is 0 Å². The minimum absolute atomic E-state index is 0.685. The molecule has 0 atom stereocenters. The average Bonchev–Trinajstić information content (AvgIpc) is 1.82. The summed E-state index contributed by atoms with van der Waals surface area (Å²) in [6.45, 7) is 7.77. The van der Waals surface area contributed by atoms with Crippen LogP contribution in [0, 0.1) is 0 Å². The Kier molecular flexibility index (Phi) is 5.04. The van der Waals surface area contributed by atoms with E-state index in [4.69, 9.17) is 5.84 Å². The standard InChI is InChI=1S/C6H18N2Si/c1-4-5-6-8(7)9(2)3/h9H,4-7H2,1-3H3. The molecule has 56 valence electrons. The van der Waals surface area contributed by atoms with Gasteiger partial charge in [0.2, 0.25) is 0 Å². The predicted octanol–water partition coefficient (Wildman–Crippen LogP) is 0.946. The van der Waals surface area contributed by atoms with Gasteiger partial charge in [0.15, 0.2) is 0 Å². The Morgan fingerprint density at radius 3 is 2.33 bits per heavy atom. The summed E-state index contributed by atoms with van der Waals surface area (Å²) in [6.07, 6.45) is 2.48. The lowest BCUT2D eigenvalue weighted by Gasteiger charge is -2.18. The fraction of sp³-hybridized carbons (Fsp3) is 1.00. The second kappa shape index (κ2) is 4.96. The first-order valence-electron chi connectivity index (χ1n) is 3.69. The second-order valence-corrected chi connectivity index (χ2v) is 5.54. The topological polar surface area (TPSA) is 29.3 Å². The third-order valence-electron chi connectivity index (χ3n) is 1.43. The van der Waals surface area contributed by atoms with Crippen LogP contribution in [0.15, 0.2) is 0 Å². The lowest BCUT2D eigenvalue weighted by atomic mass is 10.3. The van der Waals surface area contributed by atoms with Crippen LogP contribution in [0.1, 0.15) is 19.8 Å². The van der Waals surface area contributed by atoms with E-state index in [0.717, 1.165) is 6.54 Å². The monoisotopic (exact) mass is 146 g/mol. The van der Waals surface area contributed by atoms with Crippen molar-refractivity contribution < 1.29 is 0 Å². The molecule has 0 saturated carbocycles. The number of hydrazine groups is 1. The van der Waals surface area contributed by atoms with Crippen molar-refractivity contribution in [1.82, 2.24) is 4.67 Å². The van der Waals surface area contributed by atoms with Crippen LogP contribution in [-0.4, -0.2) is 20.2 Å². The van der Waals surface area contributed by atoms with E-state index in [1.165, 1.54) is 12.8 Å². The van der Waals surface area contributed by atoms with Crippen LogP contribution < -0.4 is 5.84 Å². The van der Waals surface area contributed by atoms with Gasteiger partial charge >= 0.3 is 0 Å². The third kappa shape index (κ3) is 4.63. The van der Waals surface area contributed by atoms with Gasteiger partial charge in [-0.05, 0) is 6.42 Å². The SMILES string of the molecule is CCCCN(N)[SiH](C)C. The van der Waals surface area contributed by atoms with Crippen LogP contribution in [0.5, 0.6) is 0 Å². The fourth-order valence-corrected chi connectivity index (χ4v) is 1.30. The quantitative estimate of drug-likeness (QED) is 0.363. The van der Waals surface area contributed by atoms with Crippen LogP contribution >= 0.6 is 0 Å². The normalized spacial score (nSPS) is 11.3. The lowest BCUT2D eigenvalue weighted by molar-refractivity contribution is 0.443. The first-order valence-corrected chi connectivity index (χ1v) is 6.52. The van der Waals surface area contributed by atoms with Gasteiger partial charge in [-0.25, -0.2) is 0 Å². The molecule has 0 aliphatic heterocycles. The van der Waals surface area contributed by atoms with Crippen LogP contribution in [0.4, 0.5) is 0 Å². The highest BCUT2D eigenvalue weighted by Gasteiger charge is 2.02. The fourth-order valence-electron chi connectivity index (χ4n) is 0.599. The molecule has 0 spiro atoms. The Morgan fingerprint density at radius 2 is 2.00 bits per heavy atom. The molecule has 2 nitrogen and oxygen atoms in total. The van der Waals surface area contributed by atoms with Gasteiger partial charge < -0.3 is 0 Å². The molecule has 0 aliphatic rings. The molecule has 0 aromatic heterocycles. The molecule has 0 fully saturated rings. The molecule has 0 bridgehead atoms. The summed E-state index contributed by atoms with van der Waals surface area (Å²) in [4.78, 5) is 0. The van der Waals surface area contributed by atoms with Gasteiger partial charge in [0.1, 0.15) is 8.96 Å². The molecule has 0 aliphatic carbocycles. The van der Waals surface area contributed by atoms with Crippen molar-refractivity contribution in [2.75, 3.05) is 6.54 Å². The number of hydrogen-bond donors (Lipinski definition) is 1. The van der Waals surface area contributed by atoms with Crippen LogP contribution in [0.3, 0.4) is 0 Å². The smallest absolute Gasteiger partial charge is 0.124 e. The summed E-state index contributed by atoms with van der Waals surface area (Å²) in [7, 11) is -0.685. The Hall–Kier alpha value is 0.137. The second-order valence-electron chi connectivity index (χ2n) is 2.69. The average molecular weight is 146 g/mol. The number of nitrogens with two attached hydrogens (primary N) is 1. The van der Waals surface area contributed by atoms with E-state index in [1.54, 1.807) is 0 Å². The highest BCUT2D eigenvalue weighted by molar-refractivity contribution is 6.52. The zero-order chi connectivity index (χ0) is 7.28. The van der Waals surface area contributed by atoms with E-state index in [-0.39, 0.29) is 0 Å². The van der Waals surface area contributed by atoms with Gasteiger partial charge in [-0.1, -0.05) is 26.4 Å². The summed E-state index contributed by atoms with van der Waals surface area (Å²) in [5, 5.41) is 0.